The van der Waals surface area contributed by atoms with E-state index in [4.69, 9.17) is 4.74 Å². The molecule has 0 radical (unpaired) electrons. The van der Waals surface area contributed by atoms with Crippen LogP contribution in [0, 0.1) is 5.92 Å². The summed E-state index contributed by atoms with van der Waals surface area (Å²) < 4.78 is 5.42. The summed E-state index contributed by atoms with van der Waals surface area (Å²) >= 11 is 0. The molecule has 1 unspecified atom stereocenters. The highest BCUT2D eigenvalue weighted by Gasteiger charge is 2.19. The van der Waals surface area contributed by atoms with Gasteiger partial charge < -0.3 is 19.9 Å². The number of hydrogen-bond acceptors (Lipinski definition) is 3. The van der Waals surface area contributed by atoms with Crippen LogP contribution in [0.2, 0.25) is 0 Å². The quantitative estimate of drug-likeness (QED) is 0.540. The standard InChI is InChI=1S/C16H32N4O2/c1-5-17-16(19(4)12-14-9-11-22-13-14)18-10-8-15(21)20(6-2)7-3/h14H,5-13H2,1-4H3,(H,17,18). The Kier molecular flexibility index (Phi) is 8.89. The van der Waals surface area contributed by atoms with Crippen molar-refractivity contribution in [1.29, 1.82) is 0 Å². The highest BCUT2D eigenvalue weighted by molar-refractivity contribution is 5.80. The Balaban J connectivity index is 2.47. The van der Waals surface area contributed by atoms with Crippen LogP contribution in [0.3, 0.4) is 0 Å². The molecule has 0 spiro atoms. The largest absolute Gasteiger partial charge is 0.381 e. The first-order valence-corrected chi connectivity index (χ1v) is 8.47. The number of carbonyl (C=O) groups excluding carboxylic acids is 1. The predicted octanol–water partition coefficient (Wildman–Crippen LogP) is 1.18. The molecule has 1 aliphatic heterocycles. The lowest BCUT2D eigenvalue weighted by atomic mass is 10.1. The number of nitrogens with zero attached hydrogens (tertiary/aromatic N) is 3. The van der Waals surface area contributed by atoms with Crippen LogP contribution in [0.25, 0.3) is 0 Å². The maximum absolute atomic E-state index is 12.0. The summed E-state index contributed by atoms with van der Waals surface area (Å²) in [4.78, 5) is 20.6. The molecule has 1 saturated heterocycles. The van der Waals surface area contributed by atoms with E-state index in [-0.39, 0.29) is 5.91 Å². The summed E-state index contributed by atoms with van der Waals surface area (Å²) in [6, 6.07) is 0. The van der Waals surface area contributed by atoms with Crippen molar-refractivity contribution in [2.75, 3.05) is 53.0 Å². The van der Waals surface area contributed by atoms with Crippen LogP contribution in [-0.2, 0) is 9.53 Å². The first kappa shape index (κ1) is 18.7. The van der Waals surface area contributed by atoms with E-state index in [1.165, 1.54) is 0 Å². The number of nitrogens with one attached hydrogen (secondary N) is 1. The number of hydrogen-bond donors (Lipinski definition) is 1. The van der Waals surface area contributed by atoms with Crippen molar-refractivity contribution < 1.29 is 9.53 Å². The topological polar surface area (TPSA) is 57.2 Å². The van der Waals surface area contributed by atoms with Crippen molar-refractivity contribution in [3.63, 3.8) is 0 Å². The molecule has 0 aliphatic carbocycles. The molecule has 128 valence electrons. The summed E-state index contributed by atoms with van der Waals surface area (Å²) in [5.41, 5.74) is 0. The average molecular weight is 312 g/mol. The van der Waals surface area contributed by atoms with Gasteiger partial charge >= 0.3 is 0 Å². The third kappa shape index (κ3) is 6.22. The maximum atomic E-state index is 12.0. The number of amides is 1. The first-order valence-electron chi connectivity index (χ1n) is 8.47. The Hall–Kier alpha value is -1.30. The van der Waals surface area contributed by atoms with Crippen LogP contribution in [-0.4, -0.2) is 74.7 Å². The Morgan fingerprint density at radius 2 is 2.05 bits per heavy atom. The lowest BCUT2D eigenvalue weighted by molar-refractivity contribution is -0.130. The van der Waals surface area contributed by atoms with Crippen LogP contribution in [0.5, 0.6) is 0 Å². The first-order chi connectivity index (χ1) is 10.6. The van der Waals surface area contributed by atoms with Gasteiger partial charge in [-0.2, -0.15) is 0 Å². The second kappa shape index (κ2) is 10.4. The Labute approximate surface area is 134 Å². The van der Waals surface area contributed by atoms with E-state index < -0.39 is 0 Å². The fraction of sp³-hybridized carbons (Fsp3) is 0.875. The van der Waals surface area contributed by atoms with E-state index in [1.54, 1.807) is 0 Å². The van der Waals surface area contributed by atoms with Crippen LogP contribution in [0.15, 0.2) is 4.99 Å². The van der Waals surface area contributed by atoms with E-state index in [1.807, 2.05) is 25.8 Å². The van der Waals surface area contributed by atoms with E-state index in [0.29, 0.717) is 18.9 Å². The van der Waals surface area contributed by atoms with Crippen LogP contribution in [0.1, 0.15) is 33.6 Å². The molecule has 1 heterocycles. The van der Waals surface area contributed by atoms with Crippen LogP contribution >= 0.6 is 0 Å². The lowest BCUT2D eigenvalue weighted by Gasteiger charge is -2.24. The molecule has 6 heteroatoms. The molecule has 0 aromatic rings. The Morgan fingerprint density at radius 3 is 2.59 bits per heavy atom. The van der Waals surface area contributed by atoms with Gasteiger partial charge in [-0.1, -0.05) is 0 Å². The normalized spacial score (nSPS) is 18.4. The van der Waals surface area contributed by atoms with Gasteiger partial charge in [0.2, 0.25) is 5.91 Å². The molecule has 0 bridgehead atoms. The van der Waals surface area contributed by atoms with Gasteiger partial charge in [-0.3, -0.25) is 9.79 Å². The highest BCUT2D eigenvalue weighted by Crippen LogP contribution is 2.13. The van der Waals surface area contributed by atoms with Gasteiger partial charge in [-0.05, 0) is 27.2 Å². The second-order valence-corrected chi connectivity index (χ2v) is 5.66. The monoisotopic (exact) mass is 312 g/mol. The predicted molar refractivity (Wildman–Crippen MR) is 90.1 cm³/mol. The van der Waals surface area contributed by atoms with Crippen molar-refractivity contribution in [2.45, 2.75) is 33.6 Å². The number of carbonyl (C=O) groups is 1. The van der Waals surface area contributed by atoms with Crippen molar-refractivity contribution in [2.24, 2.45) is 10.9 Å². The molecule has 1 fully saturated rings. The van der Waals surface area contributed by atoms with Gasteiger partial charge in [0, 0.05) is 52.2 Å². The summed E-state index contributed by atoms with van der Waals surface area (Å²) in [6.07, 6.45) is 1.58. The molecule has 22 heavy (non-hydrogen) atoms. The minimum absolute atomic E-state index is 0.177. The van der Waals surface area contributed by atoms with Crippen molar-refractivity contribution in [3.05, 3.63) is 0 Å². The third-order valence-corrected chi connectivity index (χ3v) is 3.96. The minimum Gasteiger partial charge on any atom is -0.381 e. The van der Waals surface area contributed by atoms with Gasteiger partial charge in [-0.25, -0.2) is 0 Å². The van der Waals surface area contributed by atoms with E-state index in [0.717, 1.165) is 51.8 Å². The van der Waals surface area contributed by atoms with Crippen molar-refractivity contribution in [1.82, 2.24) is 15.1 Å². The number of rotatable bonds is 8. The molecule has 1 aliphatic rings. The molecular weight excluding hydrogens is 280 g/mol. The highest BCUT2D eigenvalue weighted by atomic mass is 16.5. The molecule has 0 aromatic heterocycles. The maximum Gasteiger partial charge on any atom is 0.224 e. The lowest BCUT2D eigenvalue weighted by Crippen LogP contribution is -2.41. The molecular formula is C16H32N4O2. The molecule has 1 rings (SSSR count). The smallest absolute Gasteiger partial charge is 0.224 e. The Bertz CT molecular complexity index is 350. The summed E-state index contributed by atoms with van der Waals surface area (Å²) in [7, 11) is 2.05. The Morgan fingerprint density at radius 1 is 1.32 bits per heavy atom. The van der Waals surface area contributed by atoms with E-state index in [9.17, 15) is 4.79 Å². The number of aliphatic imine (C=N–C) groups is 1. The summed E-state index contributed by atoms with van der Waals surface area (Å²) in [5.74, 6) is 1.63. The summed E-state index contributed by atoms with van der Waals surface area (Å²) in [5, 5.41) is 3.30. The molecule has 1 amide bonds. The van der Waals surface area contributed by atoms with Gasteiger partial charge in [0.25, 0.3) is 0 Å². The molecule has 1 atom stereocenters. The molecule has 0 saturated carbocycles. The van der Waals surface area contributed by atoms with Gasteiger partial charge in [-0.15, -0.1) is 0 Å². The fourth-order valence-electron chi connectivity index (χ4n) is 2.66. The van der Waals surface area contributed by atoms with Gasteiger partial charge in [0.15, 0.2) is 5.96 Å². The molecule has 1 N–H and O–H groups in total. The SMILES string of the molecule is CCNC(=NCCC(=O)N(CC)CC)N(C)CC1CCOC1. The fourth-order valence-corrected chi connectivity index (χ4v) is 2.66. The number of guanidine groups is 1. The zero-order chi connectivity index (χ0) is 16.4. The zero-order valence-corrected chi connectivity index (χ0v) is 14.6. The van der Waals surface area contributed by atoms with Gasteiger partial charge in [0.05, 0.1) is 13.2 Å². The number of ether oxygens (including phenoxy) is 1. The second-order valence-electron chi connectivity index (χ2n) is 5.66. The van der Waals surface area contributed by atoms with Crippen LogP contribution < -0.4 is 5.32 Å². The van der Waals surface area contributed by atoms with E-state index >= 15 is 0 Å². The minimum atomic E-state index is 0.177. The summed E-state index contributed by atoms with van der Waals surface area (Å²) in [6.45, 7) is 11.6. The third-order valence-electron chi connectivity index (χ3n) is 3.96. The molecule has 0 aromatic carbocycles. The van der Waals surface area contributed by atoms with Crippen molar-refractivity contribution >= 4 is 11.9 Å². The average Bonchev–Trinajstić information content (AvgIpc) is 3.00. The molecule has 6 nitrogen and oxygen atoms in total. The van der Waals surface area contributed by atoms with Crippen LogP contribution in [0.4, 0.5) is 0 Å². The van der Waals surface area contributed by atoms with Crippen molar-refractivity contribution in [3.8, 4) is 0 Å². The zero-order valence-electron chi connectivity index (χ0n) is 14.6. The van der Waals surface area contributed by atoms with E-state index in [2.05, 4.69) is 22.1 Å². The van der Waals surface area contributed by atoms with Gasteiger partial charge in [0.1, 0.15) is 0 Å².